The molecule has 0 aliphatic carbocycles. The number of phosphoric acid groups is 1. The molecule has 0 saturated carbocycles. The van der Waals surface area contributed by atoms with Crippen molar-refractivity contribution in [3.63, 3.8) is 0 Å². The fourth-order valence-corrected chi connectivity index (χ4v) is 3.53. The van der Waals surface area contributed by atoms with Gasteiger partial charge in [0.2, 0.25) is 0 Å². The van der Waals surface area contributed by atoms with Gasteiger partial charge in [0.05, 0.1) is 0 Å². The fourth-order valence-electron chi connectivity index (χ4n) is 2.98. The molecule has 0 aliphatic rings. The molecule has 30 heavy (non-hydrogen) atoms. The molecule has 4 N–H and O–H groups in total. The maximum atomic E-state index is 13.7. The Balaban J connectivity index is 2.99. The summed E-state index contributed by atoms with van der Waals surface area (Å²) in [6.07, 6.45) is -16.1. The van der Waals surface area contributed by atoms with Crippen LogP contribution in [0.1, 0.15) is 17.2 Å². The van der Waals surface area contributed by atoms with E-state index >= 15 is 0 Å². The molecule has 0 aromatic heterocycles. The molecule has 0 spiro atoms. The molecule has 0 fully saturated rings. The van der Waals surface area contributed by atoms with Gasteiger partial charge in [0.1, 0.15) is 6.10 Å². The van der Waals surface area contributed by atoms with Gasteiger partial charge in [-0.3, -0.25) is 4.52 Å². The zero-order valence-electron chi connectivity index (χ0n) is 14.7. The van der Waals surface area contributed by atoms with Gasteiger partial charge in [-0.05, 0) is 11.1 Å². The van der Waals surface area contributed by atoms with E-state index in [9.17, 15) is 41.1 Å². The summed E-state index contributed by atoms with van der Waals surface area (Å²) in [7, 11) is -5.78. The Morgan fingerprint density at radius 2 is 1.17 bits per heavy atom. The lowest BCUT2D eigenvalue weighted by molar-refractivity contribution is -0.427. The monoisotopic (exact) mass is 460 g/mol. The van der Waals surface area contributed by atoms with E-state index in [4.69, 9.17) is 9.79 Å². The molecule has 2 atom stereocenters. The van der Waals surface area contributed by atoms with Crippen LogP contribution in [0.25, 0.3) is 0 Å². The minimum atomic E-state index is -6.54. The molecule has 0 radical (unpaired) electrons. The highest BCUT2D eigenvalue weighted by molar-refractivity contribution is 7.46. The van der Waals surface area contributed by atoms with Crippen LogP contribution in [0, 0.1) is 0 Å². The van der Waals surface area contributed by atoms with Crippen molar-refractivity contribution in [2.24, 2.45) is 0 Å². The van der Waals surface area contributed by atoms with Crippen molar-refractivity contribution < 1.29 is 55.4 Å². The minimum absolute atomic E-state index is 0.626. The number of aliphatic hydroxyl groups is 2. The second kappa shape index (κ2) is 7.95. The molecule has 0 heterocycles. The van der Waals surface area contributed by atoms with Crippen LogP contribution in [0.3, 0.4) is 0 Å². The van der Waals surface area contributed by atoms with E-state index < -0.39 is 48.6 Å². The first kappa shape index (κ1) is 24.3. The Kier molecular flexibility index (Phi) is 6.45. The van der Waals surface area contributed by atoms with Crippen molar-refractivity contribution in [2.45, 2.75) is 29.7 Å². The van der Waals surface area contributed by atoms with Gasteiger partial charge in [-0.1, -0.05) is 60.7 Å². The van der Waals surface area contributed by atoms with Crippen molar-refractivity contribution in [3.05, 3.63) is 71.8 Å². The smallest absolute Gasteiger partial charge is 0.378 e. The number of hydrogen-bond donors (Lipinski definition) is 4. The molecule has 0 amide bonds. The van der Waals surface area contributed by atoms with Crippen LogP contribution in [0.5, 0.6) is 0 Å². The summed E-state index contributed by atoms with van der Waals surface area (Å²) in [4.78, 5) is 18.3. The first-order valence-electron chi connectivity index (χ1n) is 7.98. The minimum Gasteiger partial charge on any atom is -0.378 e. The summed E-state index contributed by atoms with van der Waals surface area (Å²) in [5.74, 6) is 0. The first-order valence-corrected chi connectivity index (χ1v) is 9.51. The topological polar surface area (TPSA) is 107 Å². The zero-order chi connectivity index (χ0) is 23.0. The van der Waals surface area contributed by atoms with E-state index in [0.29, 0.717) is 12.1 Å². The van der Waals surface area contributed by atoms with Crippen LogP contribution in [0.15, 0.2) is 60.7 Å². The molecular formula is C17H15F6O6P. The highest BCUT2D eigenvalue weighted by Gasteiger charge is 2.82. The SMILES string of the molecule is O=P(O)(O)O[C@H](c1ccccc1)[C@@](O)(c1ccccc1)C(O)(C(F)(F)F)C(F)(F)F. The van der Waals surface area contributed by atoms with Crippen LogP contribution >= 0.6 is 7.82 Å². The first-order chi connectivity index (χ1) is 13.6. The summed E-state index contributed by atoms with van der Waals surface area (Å²) in [6, 6.07) is 9.69. The molecule has 2 aromatic carbocycles. The standard InChI is InChI=1S/C17H15F6O6P/c18-16(19,20)15(25,17(21,22)23)14(24,12-9-5-2-6-10-12)13(29-30(26,27)28)11-7-3-1-4-8-11/h1-10,13,24-25H,(H2,26,27,28)/t13-,14+/m1/s1. The number of rotatable bonds is 6. The lowest BCUT2D eigenvalue weighted by Gasteiger charge is -2.48. The lowest BCUT2D eigenvalue weighted by Crippen LogP contribution is -2.71. The molecule has 0 aliphatic heterocycles. The number of benzene rings is 2. The maximum Gasteiger partial charge on any atom is 0.470 e. The highest BCUT2D eigenvalue weighted by atomic mass is 31.2. The third-order valence-electron chi connectivity index (χ3n) is 4.31. The maximum absolute atomic E-state index is 13.7. The van der Waals surface area contributed by atoms with Gasteiger partial charge in [0, 0.05) is 0 Å². The average molecular weight is 460 g/mol. The molecule has 2 rings (SSSR count). The molecule has 0 saturated heterocycles. The van der Waals surface area contributed by atoms with Crippen molar-refractivity contribution in [1.29, 1.82) is 0 Å². The third kappa shape index (κ3) is 4.25. The Labute approximate surface area is 165 Å². The summed E-state index contributed by atoms with van der Waals surface area (Å²) in [5, 5.41) is 21.0. The van der Waals surface area contributed by atoms with Crippen LogP contribution in [-0.4, -0.2) is 38.0 Å². The fraction of sp³-hybridized carbons (Fsp3) is 0.294. The Morgan fingerprint density at radius 1 is 0.767 bits per heavy atom. The number of phosphoric ester groups is 1. The zero-order valence-corrected chi connectivity index (χ0v) is 15.6. The number of hydrogen-bond acceptors (Lipinski definition) is 4. The second-order valence-corrected chi connectivity index (χ2v) is 7.42. The van der Waals surface area contributed by atoms with E-state index in [2.05, 4.69) is 4.52 Å². The average Bonchev–Trinajstić information content (AvgIpc) is 2.63. The van der Waals surface area contributed by atoms with Crippen LogP contribution < -0.4 is 0 Å². The second-order valence-electron chi connectivity index (χ2n) is 6.23. The Morgan fingerprint density at radius 3 is 1.53 bits per heavy atom. The molecule has 13 heteroatoms. The van der Waals surface area contributed by atoms with Gasteiger partial charge in [0.25, 0.3) is 5.60 Å². The summed E-state index contributed by atoms with van der Waals surface area (Å²) in [5.41, 5.74) is -12.2. The molecule has 2 aromatic rings. The predicted molar refractivity (Wildman–Crippen MR) is 89.7 cm³/mol. The van der Waals surface area contributed by atoms with E-state index in [0.717, 1.165) is 36.4 Å². The van der Waals surface area contributed by atoms with Crippen molar-refractivity contribution >= 4 is 7.82 Å². The van der Waals surface area contributed by atoms with E-state index in [1.807, 2.05) is 0 Å². The van der Waals surface area contributed by atoms with Gasteiger partial charge in [-0.2, -0.15) is 26.3 Å². The predicted octanol–water partition coefficient (Wildman–Crippen LogP) is 3.58. The van der Waals surface area contributed by atoms with E-state index in [-0.39, 0.29) is 0 Å². The van der Waals surface area contributed by atoms with E-state index in [1.54, 1.807) is 0 Å². The quantitative estimate of drug-likeness (QED) is 0.388. The molecular weight excluding hydrogens is 445 g/mol. The van der Waals surface area contributed by atoms with Gasteiger partial charge in [-0.15, -0.1) is 0 Å². The van der Waals surface area contributed by atoms with Gasteiger partial charge >= 0.3 is 20.2 Å². The number of alkyl halides is 6. The van der Waals surface area contributed by atoms with Gasteiger partial charge in [0.15, 0.2) is 5.60 Å². The summed E-state index contributed by atoms with van der Waals surface area (Å²) >= 11 is 0. The van der Waals surface area contributed by atoms with Crippen LogP contribution in [0.4, 0.5) is 26.3 Å². The summed E-state index contributed by atoms with van der Waals surface area (Å²) in [6.45, 7) is 0. The number of halogens is 6. The Hall–Kier alpha value is -1.95. The molecule has 0 bridgehead atoms. The summed E-state index contributed by atoms with van der Waals surface area (Å²) < 4.78 is 97.9. The van der Waals surface area contributed by atoms with Crippen molar-refractivity contribution in [2.75, 3.05) is 0 Å². The van der Waals surface area contributed by atoms with Crippen molar-refractivity contribution in [1.82, 2.24) is 0 Å². The highest BCUT2D eigenvalue weighted by Crippen LogP contribution is 2.60. The molecule has 166 valence electrons. The van der Waals surface area contributed by atoms with E-state index in [1.165, 1.54) is 12.1 Å². The Bertz CT molecular complexity index is 884. The molecule has 6 nitrogen and oxygen atoms in total. The normalized spacial score (nSPS) is 16.7. The van der Waals surface area contributed by atoms with Crippen LogP contribution in [-0.2, 0) is 14.7 Å². The van der Waals surface area contributed by atoms with Crippen LogP contribution in [0.2, 0.25) is 0 Å². The van der Waals surface area contributed by atoms with Gasteiger partial charge < -0.3 is 20.0 Å². The lowest BCUT2D eigenvalue weighted by atomic mass is 9.70. The largest absolute Gasteiger partial charge is 0.470 e. The molecule has 0 unspecified atom stereocenters. The van der Waals surface area contributed by atoms with Gasteiger partial charge in [-0.25, -0.2) is 4.57 Å². The third-order valence-corrected chi connectivity index (χ3v) is 4.80. The van der Waals surface area contributed by atoms with Crippen molar-refractivity contribution in [3.8, 4) is 0 Å².